The van der Waals surface area contributed by atoms with Crippen molar-refractivity contribution in [3.63, 3.8) is 0 Å². The highest BCUT2D eigenvalue weighted by Crippen LogP contribution is 2.27. The van der Waals surface area contributed by atoms with Gasteiger partial charge in [0.25, 0.3) is 0 Å². The fraction of sp³-hybridized carbons (Fsp3) is 0.938. The first-order valence-corrected chi connectivity index (χ1v) is 8.40. The molecule has 1 aliphatic carbocycles. The predicted molar refractivity (Wildman–Crippen MR) is 82.7 cm³/mol. The summed E-state index contributed by atoms with van der Waals surface area (Å²) in [7, 11) is 0. The first-order valence-electron chi connectivity index (χ1n) is 8.40. The summed E-state index contributed by atoms with van der Waals surface area (Å²) in [4.78, 5) is 16.8. The average Bonchev–Trinajstić information content (AvgIpc) is 3.23. The highest BCUT2D eigenvalue weighted by molar-refractivity contribution is 5.78. The molecule has 1 aliphatic heterocycles. The molecule has 20 heavy (non-hydrogen) atoms. The third kappa shape index (κ3) is 4.19. The van der Waals surface area contributed by atoms with E-state index in [2.05, 4.69) is 35.9 Å². The minimum Gasteiger partial charge on any atom is -0.339 e. The van der Waals surface area contributed by atoms with E-state index in [0.717, 1.165) is 26.2 Å². The van der Waals surface area contributed by atoms with Crippen LogP contribution in [0.5, 0.6) is 0 Å². The SMILES string of the molecule is CCCNC1CCN(CC(=O)N(CC)C2CC2)CC1C. The van der Waals surface area contributed by atoms with Crippen LogP contribution in [-0.4, -0.2) is 60.5 Å². The number of likely N-dealkylation sites (N-methyl/N-ethyl adjacent to an activating group) is 1. The zero-order valence-electron chi connectivity index (χ0n) is 13.4. The molecule has 1 heterocycles. The Balaban J connectivity index is 1.76. The molecule has 2 unspecified atom stereocenters. The lowest BCUT2D eigenvalue weighted by atomic mass is 9.93. The standard InChI is InChI=1S/C16H31N3O/c1-4-9-17-15-8-10-18(11-13(15)3)12-16(20)19(5-2)14-6-7-14/h13-15,17H,4-12H2,1-3H3. The molecule has 1 saturated heterocycles. The fourth-order valence-electron chi connectivity index (χ4n) is 3.32. The number of nitrogens with one attached hydrogen (secondary N) is 1. The second-order valence-corrected chi connectivity index (χ2v) is 6.47. The number of carbonyl (C=O) groups excluding carboxylic acids is 1. The minimum absolute atomic E-state index is 0.335. The van der Waals surface area contributed by atoms with Gasteiger partial charge < -0.3 is 10.2 Å². The molecule has 1 saturated carbocycles. The van der Waals surface area contributed by atoms with E-state index in [-0.39, 0.29) is 0 Å². The average molecular weight is 281 g/mol. The number of rotatable bonds is 7. The Labute approximate surface area is 123 Å². The van der Waals surface area contributed by atoms with Gasteiger partial charge in [-0.3, -0.25) is 9.69 Å². The quantitative estimate of drug-likeness (QED) is 0.771. The van der Waals surface area contributed by atoms with E-state index in [9.17, 15) is 4.79 Å². The Morgan fingerprint density at radius 3 is 2.60 bits per heavy atom. The van der Waals surface area contributed by atoms with Gasteiger partial charge in [-0.1, -0.05) is 13.8 Å². The van der Waals surface area contributed by atoms with E-state index in [1.807, 2.05) is 0 Å². The van der Waals surface area contributed by atoms with Crippen molar-refractivity contribution in [3.05, 3.63) is 0 Å². The molecule has 0 aromatic carbocycles. The highest BCUT2D eigenvalue weighted by Gasteiger charge is 2.33. The van der Waals surface area contributed by atoms with Gasteiger partial charge in [0.15, 0.2) is 0 Å². The molecule has 1 amide bonds. The van der Waals surface area contributed by atoms with Crippen molar-refractivity contribution in [1.29, 1.82) is 0 Å². The van der Waals surface area contributed by atoms with Crippen LogP contribution in [0.25, 0.3) is 0 Å². The van der Waals surface area contributed by atoms with Crippen molar-refractivity contribution in [2.45, 2.75) is 58.5 Å². The van der Waals surface area contributed by atoms with Gasteiger partial charge in [0.2, 0.25) is 5.91 Å². The van der Waals surface area contributed by atoms with Crippen LogP contribution in [0.4, 0.5) is 0 Å². The first-order chi connectivity index (χ1) is 9.65. The topological polar surface area (TPSA) is 35.6 Å². The zero-order chi connectivity index (χ0) is 14.5. The zero-order valence-corrected chi connectivity index (χ0v) is 13.4. The number of hydrogen-bond donors (Lipinski definition) is 1. The van der Waals surface area contributed by atoms with Crippen LogP contribution in [-0.2, 0) is 4.79 Å². The van der Waals surface area contributed by atoms with Crippen LogP contribution in [0.1, 0.15) is 46.5 Å². The summed E-state index contributed by atoms with van der Waals surface area (Å²) in [5.41, 5.74) is 0. The maximum atomic E-state index is 12.4. The van der Waals surface area contributed by atoms with Crippen molar-refractivity contribution in [1.82, 2.24) is 15.1 Å². The second kappa shape index (κ2) is 7.41. The van der Waals surface area contributed by atoms with Gasteiger partial charge in [-0.2, -0.15) is 0 Å². The van der Waals surface area contributed by atoms with Crippen molar-refractivity contribution in [3.8, 4) is 0 Å². The third-order valence-electron chi connectivity index (χ3n) is 4.65. The van der Waals surface area contributed by atoms with Crippen LogP contribution in [0.15, 0.2) is 0 Å². The molecule has 0 aromatic rings. The molecule has 0 radical (unpaired) electrons. The van der Waals surface area contributed by atoms with Crippen molar-refractivity contribution in [2.24, 2.45) is 5.92 Å². The van der Waals surface area contributed by atoms with E-state index < -0.39 is 0 Å². The smallest absolute Gasteiger partial charge is 0.236 e. The maximum absolute atomic E-state index is 12.4. The summed E-state index contributed by atoms with van der Waals surface area (Å²) in [6.07, 6.45) is 4.78. The molecule has 2 atom stereocenters. The van der Waals surface area contributed by atoms with Gasteiger partial charge >= 0.3 is 0 Å². The summed E-state index contributed by atoms with van der Waals surface area (Å²) in [6, 6.07) is 1.18. The normalized spacial score (nSPS) is 27.6. The largest absolute Gasteiger partial charge is 0.339 e. The molecule has 0 aromatic heterocycles. The maximum Gasteiger partial charge on any atom is 0.236 e. The molecular weight excluding hydrogens is 250 g/mol. The molecule has 0 bridgehead atoms. The Kier molecular flexibility index (Phi) is 5.85. The molecule has 2 aliphatic rings. The number of hydrogen-bond acceptors (Lipinski definition) is 3. The number of amides is 1. The van der Waals surface area contributed by atoms with Gasteiger partial charge in [-0.05, 0) is 45.1 Å². The van der Waals surface area contributed by atoms with Crippen LogP contribution in [0.3, 0.4) is 0 Å². The lowest BCUT2D eigenvalue weighted by molar-refractivity contribution is -0.133. The van der Waals surface area contributed by atoms with Gasteiger partial charge in [0.05, 0.1) is 6.54 Å². The van der Waals surface area contributed by atoms with E-state index >= 15 is 0 Å². The van der Waals surface area contributed by atoms with Crippen LogP contribution < -0.4 is 5.32 Å². The summed E-state index contributed by atoms with van der Waals surface area (Å²) >= 11 is 0. The Hall–Kier alpha value is -0.610. The third-order valence-corrected chi connectivity index (χ3v) is 4.65. The molecule has 2 rings (SSSR count). The summed E-state index contributed by atoms with van der Waals surface area (Å²) in [6.45, 7) is 11.3. The Bertz CT molecular complexity index is 317. The number of piperidine rings is 1. The second-order valence-electron chi connectivity index (χ2n) is 6.47. The number of likely N-dealkylation sites (tertiary alicyclic amines) is 1. The van der Waals surface area contributed by atoms with E-state index in [1.165, 1.54) is 25.7 Å². The molecule has 4 heteroatoms. The summed E-state index contributed by atoms with van der Waals surface area (Å²) in [5, 5.41) is 3.64. The van der Waals surface area contributed by atoms with Crippen molar-refractivity contribution in [2.75, 3.05) is 32.7 Å². The van der Waals surface area contributed by atoms with Gasteiger partial charge in [0.1, 0.15) is 0 Å². The van der Waals surface area contributed by atoms with E-state index in [1.54, 1.807) is 0 Å². The fourth-order valence-corrected chi connectivity index (χ4v) is 3.32. The first kappa shape index (κ1) is 15.8. The van der Waals surface area contributed by atoms with Crippen LogP contribution >= 0.6 is 0 Å². The van der Waals surface area contributed by atoms with Crippen molar-refractivity contribution >= 4 is 5.91 Å². The van der Waals surface area contributed by atoms with E-state index in [0.29, 0.717) is 30.5 Å². The predicted octanol–water partition coefficient (Wildman–Crippen LogP) is 1.71. The number of nitrogens with zero attached hydrogens (tertiary/aromatic N) is 2. The van der Waals surface area contributed by atoms with E-state index in [4.69, 9.17) is 0 Å². The molecule has 4 nitrogen and oxygen atoms in total. The molecule has 116 valence electrons. The lowest BCUT2D eigenvalue weighted by Gasteiger charge is -2.37. The molecular formula is C16H31N3O. The minimum atomic E-state index is 0.335. The van der Waals surface area contributed by atoms with Gasteiger partial charge in [-0.15, -0.1) is 0 Å². The monoisotopic (exact) mass is 281 g/mol. The van der Waals surface area contributed by atoms with Crippen molar-refractivity contribution < 1.29 is 4.79 Å². The Morgan fingerprint density at radius 2 is 2.05 bits per heavy atom. The lowest BCUT2D eigenvalue weighted by Crippen LogP contribution is -2.51. The molecule has 1 N–H and O–H groups in total. The Morgan fingerprint density at radius 1 is 1.30 bits per heavy atom. The van der Waals surface area contributed by atoms with Gasteiger partial charge in [-0.25, -0.2) is 0 Å². The van der Waals surface area contributed by atoms with Gasteiger partial charge in [0, 0.05) is 31.7 Å². The number of carbonyl (C=O) groups is 1. The molecule has 0 spiro atoms. The summed E-state index contributed by atoms with van der Waals surface area (Å²) in [5.74, 6) is 0.973. The molecule has 2 fully saturated rings. The summed E-state index contributed by atoms with van der Waals surface area (Å²) < 4.78 is 0. The van der Waals surface area contributed by atoms with Crippen LogP contribution in [0.2, 0.25) is 0 Å². The highest BCUT2D eigenvalue weighted by atomic mass is 16.2. The van der Waals surface area contributed by atoms with Crippen LogP contribution in [0, 0.1) is 5.92 Å².